The van der Waals surface area contributed by atoms with Crippen molar-refractivity contribution in [2.45, 2.75) is 56.0 Å². The van der Waals surface area contributed by atoms with Crippen LogP contribution < -0.4 is 4.90 Å². The molecule has 4 aromatic carbocycles. The third-order valence-electron chi connectivity index (χ3n) is 8.78. The molecule has 0 atom stereocenters. The van der Waals surface area contributed by atoms with Crippen LogP contribution in [-0.2, 0) is 27.9 Å². The number of carbonyl (C=O) groups excluding carboxylic acids is 1. The quantitative estimate of drug-likeness (QED) is 0.0508. The number of non-ortho nitro benzene ring substituents is 1. The lowest BCUT2D eigenvalue weighted by molar-refractivity contribution is -0.384. The molecule has 52 heavy (non-hydrogen) atoms. The summed E-state index contributed by atoms with van der Waals surface area (Å²) < 4.78 is 100.0. The van der Waals surface area contributed by atoms with E-state index in [1.54, 1.807) is 12.1 Å². The Balaban J connectivity index is 1.58. The Labute approximate surface area is 293 Å². The summed E-state index contributed by atoms with van der Waals surface area (Å²) in [6.45, 7) is -2.66. The molecule has 0 radical (unpaired) electrons. The third kappa shape index (κ3) is 7.89. The number of aromatic carboxylic acids is 1. The molecule has 5 rings (SSSR count). The SMILES string of the molecule is O=C(O)c1ccc(N(Cc2ccc(C3CCCCC3)cc2)C(=O)CN(Cc2cccc([N+](=O)[O-])c2)S(=O)(=O)c2c(F)c(F)c(F)c(F)c2F)cc1O. The molecule has 0 unspecified atom stereocenters. The summed E-state index contributed by atoms with van der Waals surface area (Å²) in [7, 11) is -5.79. The van der Waals surface area contributed by atoms with Gasteiger partial charge in [-0.25, -0.2) is 35.2 Å². The van der Waals surface area contributed by atoms with E-state index >= 15 is 0 Å². The fourth-order valence-electron chi connectivity index (χ4n) is 6.08. The van der Waals surface area contributed by atoms with Gasteiger partial charge in [0.25, 0.3) is 5.69 Å². The minimum atomic E-state index is -5.79. The number of nitro benzene ring substituents is 1. The van der Waals surface area contributed by atoms with E-state index in [2.05, 4.69) is 0 Å². The average molecular weight is 748 g/mol. The van der Waals surface area contributed by atoms with Gasteiger partial charge < -0.3 is 15.1 Å². The largest absolute Gasteiger partial charge is 0.507 e. The molecule has 274 valence electrons. The summed E-state index contributed by atoms with van der Waals surface area (Å²) in [6.07, 6.45) is 5.28. The van der Waals surface area contributed by atoms with Crippen LogP contribution in [0.25, 0.3) is 0 Å². The second kappa shape index (κ2) is 15.4. The van der Waals surface area contributed by atoms with Crippen molar-refractivity contribution in [3.05, 3.63) is 128 Å². The lowest BCUT2D eigenvalue weighted by Crippen LogP contribution is -2.43. The Hall–Kier alpha value is -5.42. The number of sulfonamides is 1. The predicted molar refractivity (Wildman–Crippen MR) is 175 cm³/mol. The van der Waals surface area contributed by atoms with Crippen LogP contribution in [0.4, 0.5) is 33.3 Å². The highest BCUT2D eigenvalue weighted by Crippen LogP contribution is 2.34. The number of nitro groups is 1. The van der Waals surface area contributed by atoms with E-state index in [9.17, 15) is 60.3 Å². The van der Waals surface area contributed by atoms with E-state index in [0.717, 1.165) is 79.0 Å². The van der Waals surface area contributed by atoms with Crippen LogP contribution in [0.3, 0.4) is 0 Å². The highest BCUT2D eigenvalue weighted by atomic mass is 32.2. The van der Waals surface area contributed by atoms with Gasteiger partial charge in [0, 0.05) is 30.4 Å². The first-order chi connectivity index (χ1) is 24.6. The number of aromatic hydroxyl groups is 1. The molecule has 1 aliphatic carbocycles. The maximum atomic E-state index is 14.9. The van der Waals surface area contributed by atoms with Crippen molar-refractivity contribution in [3.63, 3.8) is 0 Å². The van der Waals surface area contributed by atoms with Crippen molar-refractivity contribution < 1.29 is 55.1 Å². The van der Waals surface area contributed by atoms with Crippen LogP contribution in [0.5, 0.6) is 5.75 Å². The molecular weight excluding hydrogens is 717 g/mol. The summed E-state index contributed by atoms with van der Waals surface area (Å²) in [4.78, 5) is 34.9. The molecule has 0 bridgehead atoms. The van der Waals surface area contributed by atoms with E-state index in [4.69, 9.17) is 0 Å². The minimum absolute atomic E-state index is 0.0946. The van der Waals surface area contributed by atoms with Gasteiger partial charge in [-0.2, -0.15) is 4.31 Å². The number of halogens is 5. The second-order valence-corrected chi connectivity index (χ2v) is 14.0. The number of hydrogen-bond acceptors (Lipinski definition) is 7. The summed E-state index contributed by atoms with van der Waals surface area (Å²) in [5.41, 5.74) is 0.138. The predicted octanol–water partition coefficient (Wildman–Crippen LogP) is 7.17. The molecule has 4 aromatic rings. The Bertz CT molecular complexity index is 2120. The number of anilines is 1. The zero-order valence-corrected chi connectivity index (χ0v) is 27.9. The van der Waals surface area contributed by atoms with Gasteiger partial charge in [-0.05, 0) is 47.6 Å². The van der Waals surface area contributed by atoms with Gasteiger partial charge in [-0.15, -0.1) is 0 Å². The zero-order chi connectivity index (χ0) is 37.9. The van der Waals surface area contributed by atoms with Crippen molar-refractivity contribution >= 4 is 33.3 Å². The van der Waals surface area contributed by atoms with Crippen LogP contribution in [0, 0.1) is 39.2 Å². The molecule has 0 aliphatic heterocycles. The van der Waals surface area contributed by atoms with Crippen LogP contribution in [0.2, 0.25) is 0 Å². The second-order valence-electron chi connectivity index (χ2n) is 12.2. The first-order valence-corrected chi connectivity index (χ1v) is 17.2. The monoisotopic (exact) mass is 747 g/mol. The molecule has 0 saturated heterocycles. The molecule has 0 heterocycles. The molecule has 1 fully saturated rings. The van der Waals surface area contributed by atoms with Gasteiger partial charge in [0.15, 0.2) is 28.2 Å². The van der Waals surface area contributed by atoms with Crippen molar-refractivity contribution in [1.29, 1.82) is 0 Å². The van der Waals surface area contributed by atoms with Gasteiger partial charge in [0.1, 0.15) is 11.3 Å². The number of amides is 1. The average Bonchev–Trinajstić information content (AvgIpc) is 3.12. The van der Waals surface area contributed by atoms with Gasteiger partial charge >= 0.3 is 5.97 Å². The van der Waals surface area contributed by atoms with Crippen LogP contribution in [0.1, 0.15) is 65.1 Å². The normalized spacial score (nSPS) is 13.7. The Morgan fingerprint density at radius 3 is 2.00 bits per heavy atom. The van der Waals surface area contributed by atoms with E-state index in [1.165, 1.54) is 6.07 Å². The van der Waals surface area contributed by atoms with E-state index in [1.807, 2.05) is 12.1 Å². The number of phenols is 1. The fraction of sp³-hybridized carbons (Fsp3) is 0.257. The van der Waals surface area contributed by atoms with Gasteiger partial charge in [-0.1, -0.05) is 55.7 Å². The number of carboxylic acid groups (broad SMARTS) is 1. The standard InChI is InChI=1S/C35H30F5N3O8S/c36-29-30(37)32(39)34(33(40)31(29)38)52(50,51)41(17-21-5-4-8-25(15-21)43(48)49)19-28(45)42(24-13-14-26(35(46)47)27(44)16-24)18-20-9-11-23(12-10-20)22-6-2-1-3-7-22/h4-5,8-16,22,44H,1-3,6-7,17-19H2,(H,46,47). The topological polar surface area (TPSA) is 158 Å². The smallest absolute Gasteiger partial charge is 0.339 e. The van der Waals surface area contributed by atoms with Gasteiger partial charge in [-0.3, -0.25) is 14.9 Å². The molecular formula is C35H30F5N3O8S. The number of carbonyl (C=O) groups is 2. The Morgan fingerprint density at radius 2 is 1.42 bits per heavy atom. The van der Waals surface area contributed by atoms with Crippen LogP contribution >= 0.6 is 0 Å². The van der Waals surface area contributed by atoms with E-state index < -0.39 is 90.9 Å². The molecule has 2 N–H and O–H groups in total. The van der Waals surface area contributed by atoms with Gasteiger partial charge in [0.2, 0.25) is 21.7 Å². The molecule has 1 saturated carbocycles. The summed E-state index contributed by atoms with van der Waals surface area (Å²) >= 11 is 0. The lowest BCUT2D eigenvalue weighted by atomic mass is 9.84. The lowest BCUT2D eigenvalue weighted by Gasteiger charge is -2.28. The highest BCUT2D eigenvalue weighted by Gasteiger charge is 2.39. The van der Waals surface area contributed by atoms with Gasteiger partial charge in [0.05, 0.1) is 18.0 Å². The third-order valence-corrected chi connectivity index (χ3v) is 10.6. The Kier molecular flexibility index (Phi) is 11.2. The van der Waals surface area contributed by atoms with Crippen LogP contribution in [0.15, 0.2) is 71.6 Å². The molecule has 0 spiro atoms. The fourth-order valence-corrected chi connectivity index (χ4v) is 7.57. The number of nitrogens with zero attached hydrogens (tertiary/aromatic N) is 3. The van der Waals surface area contributed by atoms with E-state index in [-0.39, 0.29) is 22.1 Å². The van der Waals surface area contributed by atoms with Crippen molar-refractivity contribution in [2.24, 2.45) is 0 Å². The summed E-state index contributed by atoms with van der Waals surface area (Å²) in [5, 5.41) is 31.2. The van der Waals surface area contributed by atoms with Crippen LogP contribution in [-0.4, -0.2) is 46.3 Å². The maximum absolute atomic E-state index is 14.9. The molecule has 11 nitrogen and oxygen atoms in total. The number of benzene rings is 4. The Morgan fingerprint density at radius 1 is 0.808 bits per heavy atom. The van der Waals surface area contributed by atoms with Crippen molar-refractivity contribution in [1.82, 2.24) is 4.31 Å². The number of rotatable bonds is 12. The van der Waals surface area contributed by atoms with E-state index in [0.29, 0.717) is 11.5 Å². The molecule has 1 amide bonds. The minimum Gasteiger partial charge on any atom is -0.507 e. The highest BCUT2D eigenvalue weighted by molar-refractivity contribution is 7.89. The summed E-state index contributed by atoms with van der Waals surface area (Å²) in [6, 6.07) is 14.4. The molecule has 0 aromatic heterocycles. The zero-order valence-electron chi connectivity index (χ0n) is 27.1. The number of hydrogen-bond donors (Lipinski definition) is 2. The maximum Gasteiger partial charge on any atom is 0.339 e. The van der Waals surface area contributed by atoms with Crippen molar-refractivity contribution in [3.8, 4) is 5.75 Å². The van der Waals surface area contributed by atoms with Crippen molar-refractivity contribution in [2.75, 3.05) is 11.4 Å². The molecule has 17 heteroatoms. The summed E-state index contributed by atoms with van der Waals surface area (Å²) in [5.74, 6) is -16.2. The number of carboxylic acids is 1. The first kappa shape index (κ1) is 37.8. The first-order valence-electron chi connectivity index (χ1n) is 15.8. The molecule has 1 aliphatic rings.